The van der Waals surface area contributed by atoms with E-state index in [9.17, 15) is 14.3 Å². The zero-order valence-corrected chi connectivity index (χ0v) is 9.60. The Morgan fingerprint density at radius 1 is 1.47 bits per heavy atom. The Labute approximate surface area is 99.9 Å². The second kappa shape index (κ2) is 5.27. The van der Waals surface area contributed by atoms with Gasteiger partial charge in [-0.1, -0.05) is 0 Å². The van der Waals surface area contributed by atoms with Crippen LogP contribution in [0.1, 0.15) is 29.6 Å². The van der Waals surface area contributed by atoms with E-state index in [1.165, 1.54) is 12.1 Å². The lowest BCUT2D eigenvalue weighted by Crippen LogP contribution is -2.42. The van der Waals surface area contributed by atoms with Crippen LogP contribution in [0.5, 0.6) is 0 Å². The van der Waals surface area contributed by atoms with Gasteiger partial charge in [-0.25, -0.2) is 4.39 Å². The van der Waals surface area contributed by atoms with Gasteiger partial charge in [-0.05, 0) is 37.5 Å². The second-order valence-electron chi connectivity index (χ2n) is 4.35. The number of anilines is 1. The highest BCUT2D eigenvalue weighted by atomic mass is 19.1. The Morgan fingerprint density at radius 2 is 2.29 bits per heavy atom. The van der Waals surface area contributed by atoms with Gasteiger partial charge in [-0.2, -0.15) is 0 Å². The molecule has 0 aromatic heterocycles. The molecule has 1 atom stereocenters. The van der Waals surface area contributed by atoms with E-state index in [0.717, 1.165) is 31.5 Å². The van der Waals surface area contributed by atoms with Crippen molar-refractivity contribution in [3.63, 3.8) is 0 Å². The number of piperidine rings is 1. The van der Waals surface area contributed by atoms with Crippen LogP contribution in [-0.4, -0.2) is 30.6 Å². The minimum Gasteiger partial charge on any atom is -0.394 e. The van der Waals surface area contributed by atoms with Crippen molar-refractivity contribution in [2.75, 3.05) is 18.1 Å². The third-order valence-corrected chi connectivity index (χ3v) is 3.26. The van der Waals surface area contributed by atoms with E-state index >= 15 is 0 Å². The number of carbonyl (C=O) groups is 1. The third-order valence-electron chi connectivity index (χ3n) is 3.26. The van der Waals surface area contributed by atoms with Crippen LogP contribution in [0.4, 0.5) is 10.1 Å². The fourth-order valence-electron chi connectivity index (χ4n) is 2.39. The molecule has 1 aromatic rings. The molecule has 1 unspecified atom stereocenters. The monoisotopic (exact) mass is 237 g/mol. The van der Waals surface area contributed by atoms with Crippen LogP contribution in [-0.2, 0) is 0 Å². The number of aldehydes is 1. The van der Waals surface area contributed by atoms with Gasteiger partial charge in [0.15, 0.2) is 6.29 Å². The van der Waals surface area contributed by atoms with Crippen molar-refractivity contribution in [1.82, 2.24) is 0 Å². The lowest BCUT2D eigenvalue weighted by molar-refractivity contribution is 0.112. The van der Waals surface area contributed by atoms with Crippen molar-refractivity contribution in [2.45, 2.75) is 25.3 Å². The smallest absolute Gasteiger partial charge is 0.152 e. The lowest BCUT2D eigenvalue weighted by Gasteiger charge is -2.37. The van der Waals surface area contributed by atoms with Gasteiger partial charge < -0.3 is 10.0 Å². The average Bonchev–Trinajstić information content (AvgIpc) is 2.38. The first-order chi connectivity index (χ1) is 8.26. The topological polar surface area (TPSA) is 40.5 Å². The van der Waals surface area contributed by atoms with Crippen LogP contribution in [0.3, 0.4) is 0 Å². The van der Waals surface area contributed by atoms with Gasteiger partial charge in [0.1, 0.15) is 5.82 Å². The van der Waals surface area contributed by atoms with Crippen LogP contribution in [0.2, 0.25) is 0 Å². The summed E-state index contributed by atoms with van der Waals surface area (Å²) in [5, 5.41) is 9.34. The number of rotatable bonds is 3. The van der Waals surface area contributed by atoms with Crippen molar-refractivity contribution in [1.29, 1.82) is 0 Å². The normalized spacial score (nSPS) is 20.4. The molecule has 0 aliphatic carbocycles. The summed E-state index contributed by atoms with van der Waals surface area (Å²) in [4.78, 5) is 13.0. The number of hydrogen-bond donors (Lipinski definition) is 1. The molecular weight excluding hydrogens is 221 g/mol. The zero-order valence-electron chi connectivity index (χ0n) is 9.60. The van der Waals surface area contributed by atoms with Crippen LogP contribution < -0.4 is 4.90 Å². The van der Waals surface area contributed by atoms with Crippen molar-refractivity contribution in [2.24, 2.45) is 0 Å². The summed E-state index contributed by atoms with van der Waals surface area (Å²) in [6, 6.07) is 4.25. The standard InChI is InChI=1S/C13H16FNO2/c14-11-4-5-13(10(7-11)8-16)15-6-2-1-3-12(15)9-17/h4-5,7-8,12,17H,1-3,6,9H2. The van der Waals surface area contributed by atoms with Crippen molar-refractivity contribution in [3.8, 4) is 0 Å². The fraction of sp³-hybridized carbons (Fsp3) is 0.462. The molecule has 0 radical (unpaired) electrons. The van der Waals surface area contributed by atoms with Gasteiger partial charge in [-0.3, -0.25) is 4.79 Å². The van der Waals surface area contributed by atoms with E-state index in [4.69, 9.17) is 0 Å². The van der Waals surface area contributed by atoms with Crippen LogP contribution in [0.25, 0.3) is 0 Å². The molecule has 3 nitrogen and oxygen atoms in total. The predicted molar refractivity (Wildman–Crippen MR) is 63.9 cm³/mol. The summed E-state index contributed by atoms with van der Waals surface area (Å²) in [5.74, 6) is -0.409. The molecule has 1 saturated heterocycles. The summed E-state index contributed by atoms with van der Waals surface area (Å²) in [5.41, 5.74) is 1.07. The molecule has 4 heteroatoms. The Balaban J connectivity index is 2.34. The Kier molecular flexibility index (Phi) is 3.74. The van der Waals surface area contributed by atoms with Crippen LogP contribution in [0.15, 0.2) is 18.2 Å². The number of aliphatic hydroxyl groups excluding tert-OH is 1. The summed E-state index contributed by atoms with van der Waals surface area (Å²) in [7, 11) is 0. The molecule has 1 N–H and O–H groups in total. The predicted octanol–water partition coefficient (Wildman–Crippen LogP) is 1.99. The average molecular weight is 237 g/mol. The summed E-state index contributed by atoms with van der Waals surface area (Å²) in [6.45, 7) is 0.868. The Bertz CT molecular complexity index is 408. The molecule has 0 amide bonds. The van der Waals surface area contributed by atoms with Gasteiger partial charge in [-0.15, -0.1) is 0 Å². The Hall–Kier alpha value is -1.42. The molecule has 0 spiro atoms. The largest absolute Gasteiger partial charge is 0.394 e. The first kappa shape index (κ1) is 12.0. The maximum absolute atomic E-state index is 13.1. The molecule has 1 aliphatic heterocycles. The minimum atomic E-state index is -0.409. The molecule has 1 aliphatic rings. The molecule has 0 saturated carbocycles. The number of hydrogen-bond acceptors (Lipinski definition) is 3. The van der Waals surface area contributed by atoms with Gasteiger partial charge in [0.05, 0.1) is 12.6 Å². The summed E-state index contributed by atoms with van der Waals surface area (Å²) in [6.07, 6.45) is 3.69. The molecule has 1 heterocycles. The molecule has 17 heavy (non-hydrogen) atoms. The minimum absolute atomic E-state index is 0.0351. The van der Waals surface area contributed by atoms with Gasteiger partial charge in [0.2, 0.25) is 0 Å². The number of halogens is 1. The fourth-order valence-corrected chi connectivity index (χ4v) is 2.39. The zero-order chi connectivity index (χ0) is 12.3. The first-order valence-corrected chi connectivity index (χ1v) is 5.88. The second-order valence-corrected chi connectivity index (χ2v) is 4.35. The van der Waals surface area contributed by atoms with Crippen molar-refractivity contribution >= 4 is 12.0 Å². The number of aliphatic hydroxyl groups is 1. The molecule has 2 rings (SSSR count). The van der Waals surface area contributed by atoms with Crippen LogP contribution in [0, 0.1) is 5.82 Å². The van der Waals surface area contributed by atoms with Gasteiger partial charge in [0, 0.05) is 17.8 Å². The van der Waals surface area contributed by atoms with E-state index in [2.05, 4.69) is 0 Å². The van der Waals surface area contributed by atoms with Crippen molar-refractivity contribution < 1.29 is 14.3 Å². The van der Waals surface area contributed by atoms with E-state index in [-0.39, 0.29) is 12.6 Å². The van der Waals surface area contributed by atoms with E-state index in [1.807, 2.05) is 4.90 Å². The van der Waals surface area contributed by atoms with E-state index in [1.54, 1.807) is 6.07 Å². The summed E-state index contributed by atoms with van der Waals surface area (Å²) >= 11 is 0. The van der Waals surface area contributed by atoms with Gasteiger partial charge in [0.25, 0.3) is 0 Å². The molecule has 1 aromatic carbocycles. The highest BCUT2D eigenvalue weighted by Crippen LogP contribution is 2.27. The van der Waals surface area contributed by atoms with E-state index < -0.39 is 5.82 Å². The summed E-state index contributed by atoms with van der Waals surface area (Å²) < 4.78 is 13.1. The Morgan fingerprint density at radius 3 is 3.00 bits per heavy atom. The third kappa shape index (κ3) is 2.47. The number of carbonyl (C=O) groups excluding carboxylic acids is 1. The quantitative estimate of drug-likeness (QED) is 0.817. The van der Waals surface area contributed by atoms with Crippen molar-refractivity contribution in [3.05, 3.63) is 29.6 Å². The SMILES string of the molecule is O=Cc1cc(F)ccc1N1CCCCC1CO. The maximum atomic E-state index is 13.1. The molecule has 1 fully saturated rings. The lowest BCUT2D eigenvalue weighted by atomic mass is 10.0. The van der Waals surface area contributed by atoms with E-state index in [0.29, 0.717) is 11.8 Å². The first-order valence-electron chi connectivity index (χ1n) is 5.88. The van der Waals surface area contributed by atoms with Gasteiger partial charge >= 0.3 is 0 Å². The van der Waals surface area contributed by atoms with Crippen LogP contribution >= 0.6 is 0 Å². The molecular formula is C13H16FNO2. The number of nitrogens with zero attached hydrogens (tertiary/aromatic N) is 1. The number of benzene rings is 1. The highest BCUT2D eigenvalue weighted by molar-refractivity contribution is 5.84. The maximum Gasteiger partial charge on any atom is 0.152 e. The molecule has 92 valence electrons. The highest BCUT2D eigenvalue weighted by Gasteiger charge is 2.23. The molecule has 0 bridgehead atoms.